The smallest absolute Gasteiger partial charge is 0.336 e. The van der Waals surface area contributed by atoms with Crippen LogP contribution in [0.3, 0.4) is 0 Å². The first-order valence-electron chi connectivity index (χ1n) is 6.96. The second-order valence-corrected chi connectivity index (χ2v) is 6.13. The molecular formula is C19H12BrClO2. The Bertz CT molecular complexity index is 886. The second-order valence-electron chi connectivity index (χ2n) is 4.90. The third-order valence-electron chi connectivity index (χ3n) is 3.32. The predicted molar refractivity (Wildman–Crippen MR) is 97.8 cm³/mol. The van der Waals surface area contributed by atoms with Crippen LogP contribution in [0.25, 0.3) is 16.8 Å². The van der Waals surface area contributed by atoms with Gasteiger partial charge in [-0.25, -0.2) is 4.79 Å². The summed E-state index contributed by atoms with van der Waals surface area (Å²) in [4.78, 5) is 12.0. The molecule has 4 heteroatoms. The molecule has 2 nitrogen and oxygen atoms in total. The lowest BCUT2D eigenvalue weighted by molar-refractivity contribution is -0.128. The van der Waals surface area contributed by atoms with Gasteiger partial charge in [0.25, 0.3) is 0 Å². The lowest BCUT2D eigenvalue weighted by atomic mass is 10.1. The molecule has 0 aliphatic carbocycles. The average Bonchev–Trinajstić information content (AvgIpc) is 2.57. The van der Waals surface area contributed by atoms with Gasteiger partial charge in [-0.15, -0.1) is 0 Å². The summed E-state index contributed by atoms with van der Waals surface area (Å²) in [7, 11) is 0. The molecule has 0 heterocycles. The zero-order chi connectivity index (χ0) is 16.2. The number of ether oxygens (including phenoxy) is 1. The molecule has 3 aromatic rings. The van der Waals surface area contributed by atoms with Gasteiger partial charge in [-0.2, -0.15) is 0 Å². The largest absolute Gasteiger partial charge is 0.422 e. The van der Waals surface area contributed by atoms with E-state index in [1.54, 1.807) is 24.3 Å². The standard InChI is InChI=1S/C19H12BrClO2/c20-19-16-4-2-1-3-14(16)8-11-17(19)23-18(22)12-7-13-5-9-15(21)10-6-13/h1-12H/b12-7+. The van der Waals surface area contributed by atoms with E-state index in [4.69, 9.17) is 16.3 Å². The first-order chi connectivity index (χ1) is 11.1. The summed E-state index contributed by atoms with van der Waals surface area (Å²) in [5.41, 5.74) is 0.879. The Hall–Kier alpha value is -2.10. The van der Waals surface area contributed by atoms with Crippen molar-refractivity contribution in [3.05, 3.63) is 81.8 Å². The average molecular weight is 388 g/mol. The zero-order valence-corrected chi connectivity index (χ0v) is 14.3. The van der Waals surface area contributed by atoms with Gasteiger partial charge < -0.3 is 4.74 Å². The highest BCUT2D eigenvalue weighted by molar-refractivity contribution is 9.10. The maximum atomic E-state index is 12.0. The van der Waals surface area contributed by atoms with Gasteiger partial charge in [0.15, 0.2) is 0 Å². The maximum absolute atomic E-state index is 12.0. The van der Waals surface area contributed by atoms with E-state index in [2.05, 4.69) is 15.9 Å². The van der Waals surface area contributed by atoms with E-state index in [1.807, 2.05) is 42.5 Å². The molecule has 0 spiro atoms. The van der Waals surface area contributed by atoms with Gasteiger partial charge in [0, 0.05) is 11.1 Å². The van der Waals surface area contributed by atoms with Crippen molar-refractivity contribution in [1.82, 2.24) is 0 Å². The molecule has 0 fully saturated rings. The number of carbonyl (C=O) groups is 1. The van der Waals surface area contributed by atoms with E-state index in [0.717, 1.165) is 20.8 Å². The summed E-state index contributed by atoms with van der Waals surface area (Å²) >= 11 is 9.32. The van der Waals surface area contributed by atoms with E-state index < -0.39 is 5.97 Å². The number of benzene rings is 3. The third kappa shape index (κ3) is 3.81. The van der Waals surface area contributed by atoms with Gasteiger partial charge in [-0.3, -0.25) is 0 Å². The predicted octanol–water partition coefficient (Wildman–Crippen LogP) is 5.87. The van der Waals surface area contributed by atoms with Crippen LogP contribution in [0.2, 0.25) is 5.02 Å². The molecule has 3 aromatic carbocycles. The minimum absolute atomic E-state index is 0.434. The fourth-order valence-electron chi connectivity index (χ4n) is 2.17. The van der Waals surface area contributed by atoms with E-state index in [1.165, 1.54) is 6.08 Å². The molecule has 0 radical (unpaired) electrons. The minimum Gasteiger partial charge on any atom is -0.422 e. The Morgan fingerprint density at radius 1 is 1.00 bits per heavy atom. The lowest BCUT2D eigenvalue weighted by Gasteiger charge is -2.07. The fourth-order valence-corrected chi connectivity index (χ4v) is 2.87. The normalized spacial score (nSPS) is 11.0. The Morgan fingerprint density at radius 2 is 1.74 bits per heavy atom. The highest BCUT2D eigenvalue weighted by Gasteiger charge is 2.08. The lowest BCUT2D eigenvalue weighted by Crippen LogP contribution is -2.04. The molecule has 0 bridgehead atoms. The molecule has 0 aliphatic rings. The van der Waals surface area contributed by atoms with Crippen LogP contribution in [0, 0.1) is 0 Å². The van der Waals surface area contributed by atoms with Crippen molar-refractivity contribution in [3.63, 3.8) is 0 Å². The van der Waals surface area contributed by atoms with Crippen molar-refractivity contribution in [3.8, 4) is 5.75 Å². The fraction of sp³-hybridized carbons (Fsp3) is 0. The van der Waals surface area contributed by atoms with Gasteiger partial charge in [0.2, 0.25) is 0 Å². The van der Waals surface area contributed by atoms with E-state index in [9.17, 15) is 4.79 Å². The maximum Gasteiger partial charge on any atom is 0.336 e. The zero-order valence-electron chi connectivity index (χ0n) is 12.0. The molecule has 0 saturated heterocycles. The van der Waals surface area contributed by atoms with Gasteiger partial charge in [0.05, 0.1) is 4.47 Å². The number of hydrogen-bond donors (Lipinski definition) is 0. The number of fused-ring (bicyclic) bond motifs is 1. The van der Waals surface area contributed by atoms with Gasteiger partial charge in [-0.1, -0.05) is 54.1 Å². The van der Waals surface area contributed by atoms with Gasteiger partial charge in [0.1, 0.15) is 5.75 Å². The first kappa shape index (κ1) is 15.8. The summed E-state index contributed by atoms with van der Waals surface area (Å²) in [5.74, 6) is 0.0605. The number of halogens is 2. The number of esters is 1. The number of carbonyl (C=O) groups excluding carboxylic acids is 1. The molecular weight excluding hydrogens is 376 g/mol. The highest BCUT2D eigenvalue weighted by atomic mass is 79.9. The Kier molecular flexibility index (Phi) is 4.79. The second kappa shape index (κ2) is 6.99. The van der Waals surface area contributed by atoms with Crippen molar-refractivity contribution < 1.29 is 9.53 Å². The molecule has 3 rings (SSSR count). The van der Waals surface area contributed by atoms with Crippen molar-refractivity contribution >= 4 is 50.3 Å². The van der Waals surface area contributed by atoms with Crippen LogP contribution >= 0.6 is 27.5 Å². The highest BCUT2D eigenvalue weighted by Crippen LogP contribution is 2.33. The minimum atomic E-state index is -0.434. The first-order valence-corrected chi connectivity index (χ1v) is 8.13. The summed E-state index contributed by atoms with van der Waals surface area (Å²) in [6.07, 6.45) is 3.08. The summed E-state index contributed by atoms with van der Waals surface area (Å²) in [6.45, 7) is 0. The quantitative estimate of drug-likeness (QED) is 0.319. The Balaban J connectivity index is 1.77. The van der Waals surface area contributed by atoms with Gasteiger partial charge >= 0.3 is 5.97 Å². The Morgan fingerprint density at radius 3 is 2.52 bits per heavy atom. The molecule has 0 N–H and O–H groups in total. The van der Waals surface area contributed by atoms with Crippen molar-refractivity contribution in [2.45, 2.75) is 0 Å². The van der Waals surface area contributed by atoms with Crippen LogP contribution in [0.4, 0.5) is 0 Å². The van der Waals surface area contributed by atoms with E-state index in [-0.39, 0.29) is 0 Å². The van der Waals surface area contributed by atoms with Crippen LogP contribution in [0.1, 0.15) is 5.56 Å². The number of hydrogen-bond acceptors (Lipinski definition) is 2. The monoisotopic (exact) mass is 386 g/mol. The van der Waals surface area contributed by atoms with Crippen LogP contribution in [0.15, 0.2) is 71.2 Å². The summed E-state index contributed by atoms with van der Waals surface area (Å²) in [5, 5.41) is 2.74. The van der Waals surface area contributed by atoms with Crippen LogP contribution in [-0.4, -0.2) is 5.97 Å². The molecule has 0 aromatic heterocycles. The van der Waals surface area contributed by atoms with E-state index in [0.29, 0.717) is 10.8 Å². The summed E-state index contributed by atoms with van der Waals surface area (Å²) < 4.78 is 6.17. The topological polar surface area (TPSA) is 26.3 Å². The molecule has 0 unspecified atom stereocenters. The van der Waals surface area contributed by atoms with Crippen LogP contribution < -0.4 is 4.74 Å². The van der Waals surface area contributed by atoms with Crippen LogP contribution in [-0.2, 0) is 4.79 Å². The summed E-state index contributed by atoms with van der Waals surface area (Å²) in [6, 6.07) is 18.8. The molecule has 0 aliphatic heterocycles. The molecule has 23 heavy (non-hydrogen) atoms. The SMILES string of the molecule is O=C(/C=C/c1ccc(Cl)cc1)Oc1ccc2ccccc2c1Br. The van der Waals surface area contributed by atoms with Crippen molar-refractivity contribution in [1.29, 1.82) is 0 Å². The molecule has 0 saturated carbocycles. The molecule has 0 amide bonds. The Labute approximate surface area is 147 Å². The van der Waals surface area contributed by atoms with E-state index >= 15 is 0 Å². The third-order valence-corrected chi connectivity index (χ3v) is 4.39. The van der Waals surface area contributed by atoms with Gasteiger partial charge in [-0.05, 0) is 56.5 Å². The molecule has 0 atom stereocenters. The van der Waals surface area contributed by atoms with Crippen molar-refractivity contribution in [2.75, 3.05) is 0 Å². The van der Waals surface area contributed by atoms with Crippen molar-refractivity contribution in [2.24, 2.45) is 0 Å². The molecule has 114 valence electrons. The van der Waals surface area contributed by atoms with Crippen LogP contribution in [0.5, 0.6) is 5.75 Å². The number of rotatable bonds is 3.